The smallest absolute Gasteiger partial charge is 0.271 e. The highest BCUT2D eigenvalue weighted by atomic mass is 32.2. The van der Waals surface area contributed by atoms with Crippen LogP contribution >= 0.6 is 11.8 Å². The number of amidine groups is 1. The van der Waals surface area contributed by atoms with Gasteiger partial charge in [-0.3, -0.25) is 14.7 Å². The first-order valence-corrected chi connectivity index (χ1v) is 9.44. The van der Waals surface area contributed by atoms with Crippen LogP contribution in [0.2, 0.25) is 0 Å². The van der Waals surface area contributed by atoms with Crippen LogP contribution in [0.3, 0.4) is 0 Å². The van der Waals surface area contributed by atoms with Crippen molar-refractivity contribution in [1.29, 1.82) is 0 Å². The molecule has 1 heterocycles. The minimum Gasteiger partial charge on any atom is -0.378 e. The summed E-state index contributed by atoms with van der Waals surface area (Å²) in [5.74, 6) is -0.0202. The van der Waals surface area contributed by atoms with E-state index in [4.69, 9.17) is 0 Å². The van der Waals surface area contributed by atoms with Gasteiger partial charge in [0.05, 0.1) is 10.6 Å². The van der Waals surface area contributed by atoms with Gasteiger partial charge in [-0.1, -0.05) is 30.3 Å². The maximum absolute atomic E-state index is 13.1. The number of hydrogen-bond acceptors (Lipinski definition) is 4. The molecule has 0 unspecified atom stereocenters. The van der Waals surface area contributed by atoms with E-state index in [0.29, 0.717) is 11.4 Å². The topological polar surface area (TPSA) is 35.9 Å². The van der Waals surface area contributed by atoms with Crippen molar-refractivity contribution in [1.82, 2.24) is 0 Å². The van der Waals surface area contributed by atoms with Gasteiger partial charge < -0.3 is 4.90 Å². The summed E-state index contributed by atoms with van der Waals surface area (Å²) < 4.78 is 0. The second-order valence-corrected chi connectivity index (χ2v) is 7.29. The van der Waals surface area contributed by atoms with Crippen molar-refractivity contribution in [3.63, 3.8) is 0 Å². The third-order valence-electron chi connectivity index (χ3n) is 4.16. The molecule has 1 fully saturated rings. The third-order valence-corrected chi connectivity index (χ3v) is 5.17. The van der Waals surface area contributed by atoms with Crippen molar-refractivity contribution in [3.8, 4) is 0 Å². The molecule has 1 aliphatic rings. The lowest BCUT2D eigenvalue weighted by Gasteiger charge is -2.17. The van der Waals surface area contributed by atoms with E-state index >= 15 is 0 Å². The number of nitrogens with zero attached hydrogens (tertiary/aromatic N) is 3. The zero-order chi connectivity index (χ0) is 18.7. The Morgan fingerprint density at radius 1 is 1.12 bits per heavy atom. The maximum Gasteiger partial charge on any atom is 0.271 e. The summed E-state index contributed by atoms with van der Waals surface area (Å²) in [6.07, 6.45) is 1.94. The lowest BCUT2D eigenvalue weighted by Crippen LogP contribution is -2.29. The van der Waals surface area contributed by atoms with E-state index < -0.39 is 0 Å². The van der Waals surface area contributed by atoms with E-state index in [1.165, 1.54) is 11.8 Å². The molecule has 0 atom stereocenters. The monoisotopic (exact) mass is 365 g/mol. The number of aryl methyl sites for hydroxylation is 1. The summed E-state index contributed by atoms with van der Waals surface area (Å²) in [6, 6.07) is 16.1. The highest BCUT2D eigenvalue weighted by Crippen LogP contribution is 2.37. The molecule has 2 aromatic rings. The summed E-state index contributed by atoms with van der Waals surface area (Å²) in [7, 11) is 4.02. The van der Waals surface area contributed by atoms with Crippen molar-refractivity contribution in [2.24, 2.45) is 4.99 Å². The predicted octanol–water partition coefficient (Wildman–Crippen LogP) is 4.56. The third kappa shape index (κ3) is 3.68. The molecular weight excluding hydrogens is 342 g/mol. The zero-order valence-corrected chi connectivity index (χ0v) is 16.4. The first kappa shape index (κ1) is 18.3. The summed E-state index contributed by atoms with van der Waals surface area (Å²) in [5, 5.41) is 0.739. The molecule has 1 saturated heterocycles. The number of hydrogen-bond donors (Lipinski definition) is 0. The largest absolute Gasteiger partial charge is 0.378 e. The molecule has 0 N–H and O–H groups in total. The van der Waals surface area contributed by atoms with Gasteiger partial charge >= 0.3 is 0 Å². The molecule has 0 aliphatic carbocycles. The maximum atomic E-state index is 13.1. The molecular formula is C21H23N3OS. The fourth-order valence-corrected chi connectivity index (χ4v) is 3.80. The Morgan fingerprint density at radius 3 is 2.42 bits per heavy atom. The number of anilines is 2. The normalized spacial score (nSPS) is 17.4. The van der Waals surface area contributed by atoms with Crippen molar-refractivity contribution < 1.29 is 4.79 Å². The number of amides is 1. The van der Waals surface area contributed by atoms with Gasteiger partial charge in [0.2, 0.25) is 0 Å². The molecule has 3 rings (SSSR count). The van der Waals surface area contributed by atoms with Crippen LogP contribution in [0.1, 0.15) is 18.1 Å². The van der Waals surface area contributed by atoms with Crippen molar-refractivity contribution in [2.75, 3.05) is 30.4 Å². The second kappa shape index (κ2) is 7.79. The summed E-state index contributed by atoms with van der Waals surface area (Å²) in [4.78, 5) is 22.1. The van der Waals surface area contributed by atoms with Crippen molar-refractivity contribution in [2.45, 2.75) is 13.8 Å². The average Bonchev–Trinajstić information content (AvgIpc) is 2.92. The summed E-state index contributed by atoms with van der Waals surface area (Å²) in [5.41, 5.74) is 4.09. The number of carbonyl (C=O) groups excluding carboxylic acids is 1. The van der Waals surface area contributed by atoms with Gasteiger partial charge in [-0.15, -0.1) is 0 Å². The van der Waals surface area contributed by atoms with Crippen LogP contribution in [-0.2, 0) is 4.79 Å². The minimum absolute atomic E-state index is 0.0202. The van der Waals surface area contributed by atoms with Crippen LogP contribution in [0.15, 0.2) is 58.4 Å². The van der Waals surface area contributed by atoms with Gasteiger partial charge in [-0.2, -0.15) is 0 Å². The van der Waals surface area contributed by atoms with Crippen LogP contribution < -0.4 is 9.80 Å². The van der Waals surface area contributed by atoms with Crippen LogP contribution in [0.4, 0.5) is 11.4 Å². The minimum atomic E-state index is -0.0202. The molecule has 2 aromatic carbocycles. The van der Waals surface area contributed by atoms with Crippen molar-refractivity contribution in [3.05, 3.63) is 64.6 Å². The van der Waals surface area contributed by atoms with E-state index in [2.05, 4.69) is 22.0 Å². The molecule has 4 nitrogen and oxygen atoms in total. The number of rotatable bonds is 4. The predicted molar refractivity (Wildman–Crippen MR) is 113 cm³/mol. The van der Waals surface area contributed by atoms with E-state index in [0.717, 1.165) is 27.7 Å². The first-order valence-electron chi connectivity index (χ1n) is 8.62. The average molecular weight is 366 g/mol. The molecule has 1 amide bonds. The Kier molecular flexibility index (Phi) is 5.47. The van der Waals surface area contributed by atoms with Gasteiger partial charge in [0.1, 0.15) is 0 Å². The summed E-state index contributed by atoms with van der Waals surface area (Å²) in [6.45, 7) is 4.64. The molecule has 0 spiro atoms. The fraction of sp³-hybridized carbons (Fsp3) is 0.238. The quantitative estimate of drug-likeness (QED) is 0.745. The molecule has 1 aliphatic heterocycles. The zero-order valence-electron chi connectivity index (χ0n) is 15.6. The van der Waals surface area contributed by atoms with E-state index in [9.17, 15) is 4.79 Å². The number of benzene rings is 2. The molecule has 0 bridgehead atoms. The Morgan fingerprint density at radius 2 is 1.81 bits per heavy atom. The second-order valence-electron chi connectivity index (χ2n) is 6.28. The van der Waals surface area contributed by atoms with Crippen LogP contribution in [0.5, 0.6) is 0 Å². The van der Waals surface area contributed by atoms with Crippen LogP contribution in [-0.4, -0.2) is 31.7 Å². The lowest BCUT2D eigenvalue weighted by molar-refractivity contribution is -0.113. The molecule has 26 heavy (non-hydrogen) atoms. The SMILES string of the molecule is CC/N=C1\S/C(=C\c2ccc(N(C)C)cc2)C(=O)N1c1ccccc1C. The van der Waals surface area contributed by atoms with Gasteiger partial charge in [-0.25, -0.2) is 0 Å². The first-order chi connectivity index (χ1) is 12.5. The van der Waals surface area contributed by atoms with E-state index in [1.54, 1.807) is 4.90 Å². The van der Waals surface area contributed by atoms with Crippen molar-refractivity contribution >= 4 is 40.3 Å². The van der Waals surface area contributed by atoms with E-state index in [-0.39, 0.29) is 5.91 Å². The highest BCUT2D eigenvalue weighted by Gasteiger charge is 2.35. The number of thioether (sulfide) groups is 1. The van der Waals surface area contributed by atoms with Gasteiger partial charge in [0.25, 0.3) is 5.91 Å². The number of para-hydroxylation sites is 1. The number of carbonyl (C=O) groups is 1. The lowest BCUT2D eigenvalue weighted by atomic mass is 10.1. The Balaban J connectivity index is 1.96. The summed E-state index contributed by atoms with van der Waals surface area (Å²) >= 11 is 1.44. The van der Waals surface area contributed by atoms with Gasteiger partial charge in [-0.05, 0) is 61.0 Å². The molecule has 0 radical (unpaired) electrons. The number of aliphatic imine (C=N–C) groups is 1. The standard InChI is InChI=1S/C21H23N3OS/c1-5-22-21-24(18-9-7-6-8-15(18)2)20(25)19(26-21)14-16-10-12-17(13-11-16)23(3)4/h6-14H,5H2,1-4H3/b19-14-,22-21-. The Hall–Kier alpha value is -2.53. The van der Waals surface area contributed by atoms with Gasteiger partial charge in [0.15, 0.2) is 5.17 Å². The van der Waals surface area contributed by atoms with E-state index in [1.807, 2.05) is 70.4 Å². The molecule has 0 saturated carbocycles. The molecule has 134 valence electrons. The van der Waals surface area contributed by atoms with Gasteiger partial charge in [0, 0.05) is 26.3 Å². The fourth-order valence-electron chi connectivity index (χ4n) is 2.76. The Bertz CT molecular complexity index is 869. The Labute approximate surface area is 159 Å². The molecule has 5 heteroatoms. The molecule has 0 aromatic heterocycles. The van der Waals surface area contributed by atoms with Crippen LogP contribution in [0, 0.1) is 6.92 Å². The highest BCUT2D eigenvalue weighted by molar-refractivity contribution is 8.19. The van der Waals surface area contributed by atoms with Crippen LogP contribution in [0.25, 0.3) is 6.08 Å².